The van der Waals surface area contributed by atoms with Crippen molar-refractivity contribution in [1.29, 1.82) is 0 Å². The number of likely N-dealkylation sites (tertiary alicyclic amines) is 1. The largest absolute Gasteiger partial charge is 0.369 e. The van der Waals surface area contributed by atoms with Gasteiger partial charge in [0.15, 0.2) is 0 Å². The first-order chi connectivity index (χ1) is 9.32. The van der Waals surface area contributed by atoms with Crippen molar-refractivity contribution in [2.24, 2.45) is 23.0 Å². The molecule has 2 rings (SSSR count). The van der Waals surface area contributed by atoms with Crippen molar-refractivity contribution in [2.45, 2.75) is 52.5 Å². The maximum absolute atomic E-state index is 11.2. The van der Waals surface area contributed by atoms with Gasteiger partial charge >= 0.3 is 0 Å². The SMILES string of the molecule is CC(C)(C)CC1CC(NCC2CC2)CN(CC(N)=O)C1. The average Bonchev–Trinajstić information content (AvgIpc) is 3.06. The highest BCUT2D eigenvalue weighted by molar-refractivity contribution is 5.75. The molecular weight excluding hydrogens is 250 g/mol. The zero-order valence-corrected chi connectivity index (χ0v) is 13.3. The van der Waals surface area contributed by atoms with Crippen molar-refractivity contribution in [2.75, 3.05) is 26.2 Å². The van der Waals surface area contributed by atoms with Crippen LogP contribution in [-0.4, -0.2) is 43.0 Å². The van der Waals surface area contributed by atoms with Gasteiger partial charge in [0.1, 0.15) is 0 Å². The van der Waals surface area contributed by atoms with E-state index in [4.69, 9.17) is 5.73 Å². The summed E-state index contributed by atoms with van der Waals surface area (Å²) in [6.07, 6.45) is 5.22. The second-order valence-corrected chi connectivity index (χ2v) is 8.08. The third kappa shape index (κ3) is 5.80. The van der Waals surface area contributed by atoms with Crippen LogP contribution < -0.4 is 11.1 Å². The lowest BCUT2D eigenvalue weighted by atomic mass is 9.80. The Morgan fingerprint density at radius 2 is 1.95 bits per heavy atom. The number of hydrogen-bond acceptors (Lipinski definition) is 3. The van der Waals surface area contributed by atoms with Crippen LogP contribution in [0.1, 0.15) is 46.5 Å². The lowest BCUT2D eigenvalue weighted by Gasteiger charge is -2.40. The van der Waals surface area contributed by atoms with Gasteiger partial charge in [0.25, 0.3) is 0 Å². The molecule has 116 valence electrons. The highest BCUT2D eigenvalue weighted by Crippen LogP contribution is 2.31. The molecule has 1 aliphatic heterocycles. The molecule has 2 aliphatic rings. The molecule has 0 aromatic heterocycles. The maximum atomic E-state index is 11.2. The molecule has 0 spiro atoms. The van der Waals surface area contributed by atoms with E-state index >= 15 is 0 Å². The van der Waals surface area contributed by atoms with Crippen LogP contribution in [0.15, 0.2) is 0 Å². The average molecular weight is 281 g/mol. The molecule has 3 N–H and O–H groups in total. The van der Waals surface area contributed by atoms with Gasteiger partial charge < -0.3 is 11.1 Å². The van der Waals surface area contributed by atoms with Crippen molar-refractivity contribution in [1.82, 2.24) is 10.2 Å². The van der Waals surface area contributed by atoms with Crippen LogP contribution in [-0.2, 0) is 4.79 Å². The second kappa shape index (κ2) is 6.44. The molecule has 0 aromatic rings. The van der Waals surface area contributed by atoms with Crippen LogP contribution in [0.4, 0.5) is 0 Å². The van der Waals surface area contributed by atoms with E-state index in [9.17, 15) is 4.79 Å². The van der Waals surface area contributed by atoms with Crippen LogP contribution >= 0.6 is 0 Å². The number of primary amides is 1. The smallest absolute Gasteiger partial charge is 0.231 e. The minimum absolute atomic E-state index is 0.206. The van der Waals surface area contributed by atoms with Gasteiger partial charge in [-0.15, -0.1) is 0 Å². The Balaban J connectivity index is 1.88. The van der Waals surface area contributed by atoms with Gasteiger partial charge in [-0.25, -0.2) is 0 Å². The van der Waals surface area contributed by atoms with Crippen LogP contribution in [0.2, 0.25) is 0 Å². The Bertz CT molecular complexity index is 333. The number of piperidine rings is 1. The molecule has 1 amide bonds. The molecule has 2 unspecified atom stereocenters. The molecule has 0 radical (unpaired) electrons. The fraction of sp³-hybridized carbons (Fsp3) is 0.938. The summed E-state index contributed by atoms with van der Waals surface area (Å²) in [6.45, 7) is 10.4. The zero-order valence-electron chi connectivity index (χ0n) is 13.3. The van der Waals surface area contributed by atoms with Gasteiger partial charge in [-0.05, 0) is 49.5 Å². The standard InChI is InChI=1S/C16H31N3O/c1-16(2,3)7-13-6-14(18-8-12-4-5-12)10-19(9-13)11-15(17)20/h12-14,18H,4-11H2,1-3H3,(H2,17,20). The summed E-state index contributed by atoms with van der Waals surface area (Å²) in [5.41, 5.74) is 5.72. The van der Waals surface area contributed by atoms with Crippen LogP contribution in [0.25, 0.3) is 0 Å². The second-order valence-electron chi connectivity index (χ2n) is 8.08. The fourth-order valence-corrected chi connectivity index (χ4v) is 3.47. The minimum Gasteiger partial charge on any atom is -0.369 e. The Morgan fingerprint density at radius 3 is 2.50 bits per heavy atom. The molecule has 2 atom stereocenters. The number of rotatable bonds is 6. The van der Waals surface area contributed by atoms with E-state index in [2.05, 4.69) is 31.0 Å². The van der Waals surface area contributed by atoms with Gasteiger partial charge in [-0.2, -0.15) is 0 Å². The highest BCUT2D eigenvalue weighted by atomic mass is 16.1. The summed E-state index contributed by atoms with van der Waals surface area (Å²) in [5.74, 6) is 1.37. The van der Waals surface area contributed by atoms with Gasteiger partial charge in [0, 0.05) is 19.1 Å². The third-order valence-electron chi connectivity index (χ3n) is 4.29. The summed E-state index contributed by atoms with van der Waals surface area (Å²) in [5, 5.41) is 3.71. The van der Waals surface area contributed by atoms with Crippen molar-refractivity contribution in [3.8, 4) is 0 Å². The summed E-state index contributed by atoms with van der Waals surface area (Å²) < 4.78 is 0. The first-order valence-corrected chi connectivity index (χ1v) is 8.06. The number of hydrogen-bond donors (Lipinski definition) is 2. The summed E-state index contributed by atoms with van der Waals surface area (Å²) in [4.78, 5) is 13.4. The first kappa shape index (κ1) is 15.8. The van der Waals surface area contributed by atoms with Crippen molar-refractivity contribution in [3.05, 3.63) is 0 Å². The molecule has 4 heteroatoms. The fourth-order valence-electron chi connectivity index (χ4n) is 3.47. The Morgan fingerprint density at radius 1 is 1.25 bits per heavy atom. The summed E-state index contributed by atoms with van der Waals surface area (Å²) in [7, 11) is 0. The van der Waals surface area contributed by atoms with Crippen molar-refractivity contribution < 1.29 is 4.79 Å². The molecule has 1 saturated carbocycles. The number of nitrogens with one attached hydrogen (secondary N) is 1. The van der Waals surface area contributed by atoms with Crippen LogP contribution in [0.3, 0.4) is 0 Å². The van der Waals surface area contributed by atoms with Gasteiger partial charge in [0.2, 0.25) is 5.91 Å². The molecule has 2 fully saturated rings. The van der Waals surface area contributed by atoms with Crippen LogP contribution in [0.5, 0.6) is 0 Å². The molecule has 1 saturated heterocycles. The van der Waals surface area contributed by atoms with E-state index in [1.54, 1.807) is 0 Å². The third-order valence-corrected chi connectivity index (χ3v) is 4.29. The maximum Gasteiger partial charge on any atom is 0.231 e. The zero-order chi connectivity index (χ0) is 14.8. The number of carbonyl (C=O) groups excluding carboxylic acids is 1. The number of amides is 1. The molecule has 1 heterocycles. The Hall–Kier alpha value is -0.610. The molecule has 1 aliphatic carbocycles. The van der Waals surface area contributed by atoms with Gasteiger partial charge in [-0.3, -0.25) is 9.69 Å². The molecule has 0 aromatic carbocycles. The summed E-state index contributed by atoms with van der Waals surface area (Å²) in [6, 6.07) is 0.524. The van der Waals surface area contributed by atoms with E-state index < -0.39 is 0 Å². The first-order valence-electron chi connectivity index (χ1n) is 8.06. The quantitative estimate of drug-likeness (QED) is 0.777. The Kier molecular flexibility index (Phi) is 5.08. The van der Waals surface area contributed by atoms with E-state index in [0.29, 0.717) is 23.9 Å². The predicted molar refractivity (Wildman–Crippen MR) is 82.3 cm³/mol. The predicted octanol–water partition coefficient (Wildman–Crippen LogP) is 1.60. The van der Waals surface area contributed by atoms with E-state index in [1.165, 1.54) is 25.7 Å². The Labute approximate surface area is 123 Å². The summed E-state index contributed by atoms with van der Waals surface area (Å²) >= 11 is 0. The van der Waals surface area contributed by atoms with Crippen LogP contribution in [0, 0.1) is 17.3 Å². The van der Waals surface area contributed by atoms with Gasteiger partial charge in [-0.1, -0.05) is 20.8 Å². The number of nitrogens with zero attached hydrogens (tertiary/aromatic N) is 1. The van der Waals surface area contributed by atoms with Crippen molar-refractivity contribution in [3.63, 3.8) is 0 Å². The van der Waals surface area contributed by atoms with E-state index in [0.717, 1.165) is 25.6 Å². The van der Waals surface area contributed by atoms with Crippen molar-refractivity contribution >= 4 is 5.91 Å². The molecular formula is C16H31N3O. The lowest BCUT2D eigenvalue weighted by Crippen LogP contribution is -2.52. The molecule has 4 nitrogen and oxygen atoms in total. The van der Waals surface area contributed by atoms with E-state index in [-0.39, 0.29) is 5.91 Å². The lowest BCUT2D eigenvalue weighted by molar-refractivity contribution is -0.119. The van der Waals surface area contributed by atoms with Gasteiger partial charge in [0.05, 0.1) is 6.54 Å². The molecule has 20 heavy (non-hydrogen) atoms. The monoisotopic (exact) mass is 281 g/mol. The molecule has 0 bridgehead atoms. The normalized spacial score (nSPS) is 28.6. The highest BCUT2D eigenvalue weighted by Gasteiger charge is 2.31. The number of nitrogens with two attached hydrogens (primary N) is 1. The topological polar surface area (TPSA) is 58.4 Å². The van der Waals surface area contributed by atoms with E-state index in [1.807, 2.05) is 0 Å². The minimum atomic E-state index is -0.206. The number of carbonyl (C=O) groups is 1.